The Bertz CT molecular complexity index is 720. The van der Waals surface area contributed by atoms with Gasteiger partial charge in [-0.15, -0.1) is 0 Å². The molecule has 126 valence electrons. The number of amides is 1. The number of pyridine rings is 1. The maximum atomic E-state index is 13.8. The van der Waals surface area contributed by atoms with Gasteiger partial charge in [-0.2, -0.15) is 0 Å². The van der Waals surface area contributed by atoms with Gasteiger partial charge in [-0.05, 0) is 56.6 Å². The lowest BCUT2D eigenvalue weighted by atomic mass is 9.94. The molecule has 2 aromatic rings. The Hall–Kier alpha value is -2.27. The number of carbonyl (C=O) groups excluding carboxylic acids is 1. The van der Waals surface area contributed by atoms with Crippen LogP contribution < -0.4 is 5.32 Å². The number of nitrogens with one attached hydrogen (secondary N) is 1. The lowest BCUT2D eigenvalue weighted by molar-refractivity contribution is 0.0939. The predicted octanol–water partition coefficient (Wildman–Crippen LogP) is 2.95. The highest BCUT2D eigenvalue weighted by molar-refractivity contribution is 5.94. The van der Waals surface area contributed by atoms with Crippen LogP contribution in [-0.4, -0.2) is 35.9 Å². The van der Waals surface area contributed by atoms with E-state index in [0.717, 1.165) is 24.1 Å². The van der Waals surface area contributed by atoms with Gasteiger partial charge in [-0.1, -0.05) is 17.7 Å². The zero-order valence-electron chi connectivity index (χ0n) is 14.0. The lowest BCUT2D eigenvalue weighted by Crippen LogP contribution is -2.32. The highest BCUT2D eigenvalue weighted by Gasteiger charge is 2.33. The summed E-state index contributed by atoms with van der Waals surface area (Å²) in [6.45, 7) is 3.34. The van der Waals surface area contributed by atoms with Crippen molar-refractivity contribution in [2.24, 2.45) is 5.92 Å². The first-order valence-electron chi connectivity index (χ1n) is 8.21. The summed E-state index contributed by atoms with van der Waals surface area (Å²) in [6.07, 6.45) is 4.63. The first-order valence-corrected chi connectivity index (χ1v) is 8.21. The molecule has 24 heavy (non-hydrogen) atoms. The Morgan fingerprint density at radius 3 is 3.00 bits per heavy atom. The van der Waals surface area contributed by atoms with Gasteiger partial charge >= 0.3 is 0 Å². The number of carbonyl (C=O) groups is 1. The van der Waals surface area contributed by atoms with Crippen LogP contribution in [0.4, 0.5) is 4.39 Å². The third kappa shape index (κ3) is 3.46. The molecular formula is C19H22FN3O. The van der Waals surface area contributed by atoms with Crippen LogP contribution >= 0.6 is 0 Å². The number of hydrogen-bond acceptors (Lipinski definition) is 3. The molecule has 1 amide bonds. The van der Waals surface area contributed by atoms with Crippen LogP contribution in [0.15, 0.2) is 42.7 Å². The summed E-state index contributed by atoms with van der Waals surface area (Å²) in [6, 6.07) is 8.81. The molecule has 0 spiro atoms. The molecule has 1 saturated heterocycles. The summed E-state index contributed by atoms with van der Waals surface area (Å²) in [7, 11) is 2.08. The van der Waals surface area contributed by atoms with E-state index in [2.05, 4.69) is 28.3 Å². The van der Waals surface area contributed by atoms with Crippen molar-refractivity contribution >= 4 is 5.91 Å². The molecule has 5 heteroatoms. The molecule has 0 aliphatic carbocycles. The van der Waals surface area contributed by atoms with Crippen molar-refractivity contribution in [1.82, 2.24) is 15.2 Å². The minimum atomic E-state index is -0.481. The van der Waals surface area contributed by atoms with E-state index in [-0.39, 0.29) is 23.4 Å². The Labute approximate surface area is 141 Å². The smallest absolute Gasteiger partial charge is 0.254 e. The molecule has 2 heterocycles. The number of halogens is 1. The molecule has 2 atom stereocenters. The first-order chi connectivity index (χ1) is 11.6. The molecule has 1 aromatic carbocycles. The number of likely N-dealkylation sites (tertiary alicyclic amines) is 1. The minimum Gasteiger partial charge on any atom is -0.352 e. The topological polar surface area (TPSA) is 45.2 Å². The molecule has 0 bridgehead atoms. The first kappa shape index (κ1) is 16.6. The number of nitrogens with zero attached hydrogens (tertiary/aromatic N) is 2. The average molecular weight is 327 g/mol. The van der Waals surface area contributed by atoms with Crippen molar-refractivity contribution in [1.29, 1.82) is 0 Å². The van der Waals surface area contributed by atoms with E-state index in [1.165, 1.54) is 6.07 Å². The fourth-order valence-electron chi connectivity index (χ4n) is 3.45. The van der Waals surface area contributed by atoms with Gasteiger partial charge in [0.2, 0.25) is 0 Å². The molecule has 1 fully saturated rings. The maximum absolute atomic E-state index is 13.8. The molecule has 0 radical (unpaired) electrons. The monoisotopic (exact) mass is 327 g/mol. The Kier molecular flexibility index (Phi) is 4.90. The summed E-state index contributed by atoms with van der Waals surface area (Å²) in [5.74, 6) is -0.544. The second kappa shape index (κ2) is 7.09. The van der Waals surface area contributed by atoms with Gasteiger partial charge in [0.1, 0.15) is 5.82 Å². The second-order valence-electron chi connectivity index (χ2n) is 6.45. The van der Waals surface area contributed by atoms with Crippen molar-refractivity contribution < 1.29 is 9.18 Å². The number of aryl methyl sites for hydroxylation is 1. The minimum absolute atomic E-state index is 0.110. The Balaban J connectivity index is 1.69. The largest absolute Gasteiger partial charge is 0.352 e. The highest BCUT2D eigenvalue weighted by atomic mass is 19.1. The highest BCUT2D eigenvalue weighted by Crippen LogP contribution is 2.35. The van der Waals surface area contributed by atoms with E-state index in [9.17, 15) is 9.18 Å². The summed E-state index contributed by atoms with van der Waals surface area (Å²) in [5, 5.41) is 2.90. The van der Waals surface area contributed by atoms with E-state index >= 15 is 0 Å². The van der Waals surface area contributed by atoms with E-state index in [4.69, 9.17) is 0 Å². The van der Waals surface area contributed by atoms with Gasteiger partial charge in [0.25, 0.3) is 5.91 Å². The number of benzene rings is 1. The third-order valence-corrected chi connectivity index (χ3v) is 4.69. The second-order valence-corrected chi connectivity index (χ2v) is 6.45. The number of hydrogen-bond donors (Lipinski definition) is 1. The fraction of sp³-hybridized carbons (Fsp3) is 0.368. The average Bonchev–Trinajstić information content (AvgIpc) is 2.96. The fourth-order valence-corrected chi connectivity index (χ4v) is 3.45. The van der Waals surface area contributed by atoms with E-state index in [1.54, 1.807) is 18.3 Å². The van der Waals surface area contributed by atoms with Crippen molar-refractivity contribution in [3.8, 4) is 0 Å². The van der Waals surface area contributed by atoms with E-state index in [1.807, 2.05) is 19.2 Å². The molecule has 1 aliphatic rings. The van der Waals surface area contributed by atoms with Gasteiger partial charge in [-0.25, -0.2) is 4.39 Å². The Morgan fingerprint density at radius 2 is 2.25 bits per heavy atom. The molecule has 3 rings (SSSR count). The van der Waals surface area contributed by atoms with Crippen LogP contribution in [0.25, 0.3) is 0 Å². The molecule has 0 saturated carbocycles. The third-order valence-electron chi connectivity index (χ3n) is 4.69. The van der Waals surface area contributed by atoms with Crippen LogP contribution in [0.3, 0.4) is 0 Å². The van der Waals surface area contributed by atoms with Crippen molar-refractivity contribution in [2.75, 3.05) is 20.1 Å². The summed E-state index contributed by atoms with van der Waals surface area (Å²) in [5.41, 5.74) is 2.13. The van der Waals surface area contributed by atoms with Gasteiger partial charge < -0.3 is 5.32 Å². The van der Waals surface area contributed by atoms with Gasteiger partial charge in [0.15, 0.2) is 0 Å². The van der Waals surface area contributed by atoms with E-state index < -0.39 is 5.82 Å². The van der Waals surface area contributed by atoms with Crippen LogP contribution in [0.1, 0.15) is 33.9 Å². The zero-order valence-corrected chi connectivity index (χ0v) is 14.0. The number of rotatable bonds is 4. The quantitative estimate of drug-likeness (QED) is 0.939. The number of aromatic nitrogens is 1. The standard InChI is InChI=1S/C19H22FN3O/c1-13-5-6-17(20)16(10-13)19(24)22-12-15-7-9-23(2)18(15)14-4-3-8-21-11-14/h3-6,8,10-11,15,18H,7,9,12H2,1-2H3,(H,22,24)/t15-,18-/m0/s1. The molecule has 4 nitrogen and oxygen atoms in total. The summed E-state index contributed by atoms with van der Waals surface area (Å²) < 4.78 is 13.8. The van der Waals surface area contributed by atoms with Crippen LogP contribution in [0, 0.1) is 18.7 Å². The molecule has 1 aromatic heterocycles. The van der Waals surface area contributed by atoms with Gasteiger partial charge in [-0.3, -0.25) is 14.7 Å². The Morgan fingerprint density at radius 1 is 1.42 bits per heavy atom. The summed E-state index contributed by atoms with van der Waals surface area (Å²) >= 11 is 0. The zero-order chi connectivity index (χ0) is 17.1. The maximum Gasteiger partial charge on any atom is 0.254 e. The van der Waals surface area contributed by atoms with E-state index in [0.29, 0.717) is 6.54 Å². The summed E-state index contributed by atoms with van der Waals surface area (Å²) in [4.78, 5) is 18.8. The molecular weight excluding hydrogens is 305 g/mol. The van der Waals surface area contributed by atoms with Crippen molar-refractivity contribution in [3.05, 3.63) is 65.2 Å². The van der Waals surface area contributed by atoms with Crippen LogP contribution in [0.2, 0.25) is 0 Å². The van der Waals surface area contributed by atoms with Crippen LogP contribution in [0.5, 0.6) is 0 Å². The lowest BCUT2D eigenvalue weighted by Gasteiger charge is -2.25. The molecule has 1 aliphatic heterocycles. The normalized spacial score (nSPS) is 21.0. The predicted molar refractivity (Wildman–Crippen MR) is 91.2 cm³/mol. The molecule has 0 unspecified atom stereocenters. The van der Waals surface area contributed by atoms with Gasteiger partial charge in [0, 0.05) is 25.0 Å². The van der Waals surface area contributed by atoms with Crippen molar-refractivity contribution in [3.63, 3.8) is 0 Å². The molecule has 1 N–H and O–H groups in total. The van der Waals surface area contributed by atoms with Crippen LogP contribution in [-0.2, 0) is 0 Å². The van der Waals surface area contributed by atoms with Gasteiger partial charge in [0.05, 0.1) is 5.56 Å². The van der Waals surface area contributed by atoms with Crippen molar-refractivity contribution in [2.45, 2.75) is 19.4 Å². The SMILES string of the molecule is Cc1ccc(F)c(C(=O)NC[C@@H]2CCN(C)[C@H]2c2cccnc2)c1.